The number of rotatable bonds is 7. The van der Waals surface area contributed by atoms with Crippen LogP contribution in [-0.2, 0) is 4.79 Å². The summed E-state index contributed by atoms with van der Waals surface area (Å²) in [6, 6.07) is 14.9. The Morgan fingerprint density at radius 2 is 1.87 bits per heavy atom. The Hall–Kier alpha value is -1.65. The summed E-state index contributed by atoms with van der Waals surface area (Å²) >= 11 is 7.79. The molecule has 0 aliphatic heterocycles. The Bertz CT molecular complexity index is 663. The van der Waals surface area contributed by atoms with E-state index in [0.717, 1.165) is 16.3 Å². The van der Waals surface area contributed by atoms with Crippen molar-refractivity contribution in [2.24, 2.45) is 0 Å². The molecule has 0 aliphatic rings. The SMILES string of the molecule is CCSc1ccccc1NC(=O)[C@H](CC)Oc1ccccc1Cl. The van der Waals surface area contributed by atoms with E-state index in [-0.39, 0.29) is 5.91 Å². The van der Waals surface area contributed by atoms with Crippen LogP contribution in [-0.4, -0.2) is 17.8 Å². The molecule has 122 valence electrons. The van der Waals surface area contributed by atoms with Gasteiger partial charge in [-0.1, -0.05) is 49.7 Å². The van der Waals surface area contributed by atoms with Gasteiger partial charge in [-0.25, -0.2) is 0 Å². The molecule has 0 saturated heterocycles. The number of benzene rings is 2. The minimum Gasteiger partial charge on any atom is -0.479 e. The minimum atomic E-state index is -0.588. The lowest BCUT2D eigenvalue weighted by Gasteiger charge is -2.19. The van der Waals surface area contributed by atoms with Gasteiger partial charge in [0.2, 0.25) is 0 Å². The summed E-state index contributed by atoms with van der Waals surface area (Å²) in [5.41, 5.74) is 0.811. The van der Waals surface area contributed by atoms with Crippen LogP contribution in [0, 0.1) is 0 Å². The second-order valence-electron chi connectivity index (χ2n) is 4.86. The number of halogens is 1. The van der Waals surface area contributed by atoms with Crippen molar-refractivity contribution in [3.05, 3.63) is 53.6 Å². The molecule has 0 bridgehead atoms. The van der Waals surface area contributed by atoms with E-state index < -0.39 is 6.10 Å². The summed E-state index contributed by atoms with van der Waals surface area (Å²) in [7, 11) is 0. The highest BCUT2D eigenvalue weighted by molar-refractivity contribution is 7.99. The minimum absolute atomic E-state index is 0.170. The first-order chi connectivity index (χ1) is 11.2. The molecular weight excluding hydrogens is 330 g/mol. The molecule has 0 aliphatic carbocycles. The van der Waals surface area contributed by atoms with Gasteiger partial charge < -0.3 is 10.1 Å². The topological polar surface area (TPSA) is 38.3 Å². The van der Waals surface area contributed by atoms with Crippen LogP contribution in [0.5, 0.6) is 5.75 Å². The van der Waals surface area contributed by atoms with Gasteiger partial charge in [-0.15, -0.1) is 11.8 Å². The summed E-state index contributed by atoms with van der Waals surface area (Å²) in [5.74, 6) is 1.30. The van der Waals surface area contributed by atoms with Gasteiger partial charge in [0.1, 0.15) is 5.75 Å². The maximum Gasteiger partial charge on any atom is 0.265 e. The molecule has 23 heavy (non-hydrogen) atoms. The molecule has 5 heteroatoms. The van der Waals surface area contributed by atoms with Crippen LogP contribution >= 0.6 is 23.4 Å². The zero-order valence-corrected chi connectivity index (χ0v) is 14.8. The van der Waals surface area contributed by atoms with E-state index in [4.69, 9.17) is 16.3 Å². The number of hydrogen-bond donors (Lipinski definition) is 1. The lowest BCUT2D eigenvalue weighted by atomic mass is 10.2. The number of carbonyl (C=O) groups is 1. The molecule has 2 rings (SSSR count). The molecule has 0 unspecified atom stereocenters. The van der Waals surface area contributed by atoms with Crippen LogP contribution in [0.25, 0.3) is 0 Å². The third-order valence-corrected chi connectivity index (χ3v) is 4.48. The first-order valence-corrected chi connectivity index (χ1v) is 8.96. The van der Waals surface area contributed by atoms with Crippen molar-refractivity contribution < 1.29 is 9.53 Å². The molecule has 3 nitrogen and oxygen atoms in total. The van der Waals surface area contributed by atoms with Crippen molar-refractivity contribution in [1.29, 1.82) is 0 Å². The van der Waals surface area contributed by atoms with Crippen LogP contribution in [0.1, 0.15) is 20.3 Å². The van der Waals surface area contributed by atoms with Crippen LogP contribution in [0.2, 0.25) is 5.02 Å². The summed E-state index contributed by atoms with van der Waals surface area (Å²) < 4.78 is 5.78. The Morgan fingerprint density at radius 1 is 1.17 bits per heavy atom. The quantitative estimate of drug-likeness (QED) is 0.694. The number of amides is 1. The number of hydrogen-bond acceptors (Lipinski definition) is 3. The van der Waals surface area contributed by atoms with E-state index in [9.17, 15) is 4.79 Å². The Labute approximate surface area is 146 Å². The van der Waals surface area contributed by atoms with Gasteiger partial charge in [0.25, 0.3) is 5.91 Å². The van der Waals surface area contributed by atoms with Gasteiger partial charge >= 0.3 is 0 Å². The summed E-state index contributed by atoms with van der Waals surface area (Å²) in [6.07, 6.45) is -0.0327. The highest BCUT2D eigenvalue weighted by Crippen LogP contribution is 2.28. The van der Waals surface area contributed by atoms with Crippen molar-refractivity contribution in [3.63, 3.8) is 0 Å². The molecule has 2 aromatic carbocycles. The van der Waals surface area contributed by atoms with Crippen molar-refractivity contribution in [2.75, 3.05) is 11.1 Å². The number of anilines is 1. The normalized spacial score (nSPS) is 11.8. The fourth-order valence-corrected chi connectivity index (χ4v) is 3.02. The lowest BCUT2D eigenvalue weighted by Crippen LogP contribution is -2.32. The van der Waals surface area contributed by atoms with Crippen LogP contribution in [0.4, 0.5) is 5.69 Å². The van der Waals surface area contributed by atoms with Gasteiger partial charge in [-0.2, -0.15) is 0 Å². The Balaban J connectivity index is 2.10. The van der Waals surface area contributed by atoms with Crippen molar-refractivity contribution in [1.82, 2.24) is 0 Å². The maximum atomic E-state index is 12.5. The van der Waals surface area contributed by atoms with Crippen LogP contribution < -0.4 is 10.1 Å². The second-order valence-corrected chi connectivity index (χ2v) is 6.58. The summed E-state index contributed by atoms with van der Waals surface area (Å²) in [4.78, 5) is 13.6. The number of para-hydroxylation sites is 2. The molecule has 1 atom stereocenters. The summed E-state index contributed by atoms with van der Waals surface area (Å²) in [6.45, 7) is 3.99. The third-order valence-electron chi connectivity index (χ3n) is 3.21. The van der Waals surface area contributed by atoms with E-state index in [0.29, 0.717) is 17.2 Å². The predicted molar refractivity (Wildman–Crippen MR) is 97.6 cm³/mol. The second kappa shape index (κ2) is 8.85. The number of carbonyl (C=O) groups excluding carboxylic acids is 1. The molecule has 1 amide bonds. The van der Waals surface area contributed by atoms with E-state index in [1.54, 1.807) is 23.9 Å². The van der Waals surface area contributed by atoms with Crippen molar-refractivity contribution in [2.45, 2.75) is 31.3 Å². The van der Waals surface area contributed by atoms with Gasteiger partial charge in [0, 0.05) is 4.90 Å². The largest absolute Gasteiger partial charge is 0.479 e. The maximum absolute atomic E-state index is 12.5. The molecule has 0 aromatic heterocycles. The van der Waals surface area contributed by atoms with E-state index in [1.165, 1.54) is 0 Å². The molecule has 0 spiro atoms. The average Bonchev–Trinajstić information content (AvgIpc) is 2.56. The molecule has 0 saturated carbocycles. The number of ether oxygens (including phenoxy) is 1. The third kappa shape index (κ3) is 4.91. The molecule has 0 heterocycles. The van der Waals surface area contributed by atoms with Crippen LogP contribution in [0.15, 0.2) is 53.4 Å². The zero-order valence-electron chi connectivity index (χ0n) is 13.2. The van der Waals surface area contributed by atoms with Gasteiger partial charge in [-0.3, -0.25) is 4.79 Å². The van der Waals surface area contributed by atoms with Crippen LogP contribution in [0.3, 0.4) is 0 Å². The van der Waals surface area contributed by atoms with Crippen molar-refractivity contribution >= 4 is 35.0 Å². The number of thioether (sulfide) groups is 1. The highest BCUT2D eigenvalue weighted by Gasteiger charge is 2.20. The van der Waals surface area contributed by atoms with Gasteiger partial charge in [0.05, 0.1) is 10.7 Å². The monoisotopic (exact) mass is 349 g/mol. The molecule has 0 radical (unpaired) electrons. The fraction of sp³-hybridized carbons (Fsp3) is 0.278. The van der Waals surface area contributed by atoms with Crippen molar-refractivity contribution in [3.8, 4) is 5.75 Å². The standard InChI is InChI=1S/C18H20ClNO2S/c1-3-15(22-16-11-7-5-9-13(16)19)18(21)20-14-10-6-8-12-17(14)23-4-2/h5-12,15H,3-4H2,1-2H3,(H,20,21)/t15-/m0/s1. The highest BCUT2D eigenvalue weighted by atomic mass is 35.5. The van der Waals surface area contributed by atoms with E-state index in [2.05, 4.69) is 12.2 Å². The first-order valence-electron chi connectivity index (χ1n) is 7.59. The zero-order chi connectivity index (χ0) is 16.7. The summed E-state index contributed by atoms with van der Waals surface area (Å²) in [5, 5.41) is 3.46. The Kier molecular flexibility index (Phi) is 6.81. The molecule has 2 aromatic rings. The Morgan fingerprint density at radius 3 is 2.57 bits per heavy atom. The van der Waals surface area contributed by atoms with E-state index >= 15 is 0 Å². The molecular formula is C18H20ClNO2S. The molecule has 0 fully saturated rings. The first kappa shape index (κ1) is 17.7. The smallest absolute Gasteiger partial charge is 0.265 e. The average molecular weight is 350 g/mol. The predicted octanol–water partition coefficient (Wildman–Crippen LogP) is 5.25. The van der Waals surface area contributed by atoms with Gasteiger partial charge in [0.15, 0.2) is 6.10 Å². The van der Waals surface area contributed by atoms with Gasteiger partial charge in [-0.05, 0) is 36.4 Å². The fourth-order valence-electron chi connectivity index (χ4n) is 2.08. The molecule has 1 N–H and O–H groups in total. The van der Waals surface area contributed by atoms with E-state index in [1.807, 2.05) is 43.3 Å². The lowest BCUT2D eigenvalue weighted by molar-refractivity contribution is -0.122. The number of nitrogens with one attached hydrogen (secondary N) is 1.